The van der Waals surface area contributed by atoms with Gasteiger partial charge in [0.2, 0.25) is 0 Å². The van der Waals surface area contributed by atoms with Crippen molar-refractivity contribution < 1.29 is 14.7 Å². The van der Waals surface area contributed by atoms with E-state index in [1.165, 1.54) is 4.90 Å². The molecule has 1 aromatic carbocycles. The molecular formula is C17H18N2O3S. The third kappa shape index (κ3) is 3.27. The Hall–Kier alpha value is -2.21. The molecule has 6 heteroatoms. The fraction of sp³-hybridized carbons (Fsp3) is 0.353. The molecule has 0 saturated heterocycles. The molecule has 3 rings (SSSR count). The number of aromatic nitrogens is 1. The molecule has 1 saturated carbocycles. The summed E-state index contributed by atoms with van der Waals surface area (Å²) in [6, 6.07) is 6.45. The Kier molecular flexibility index (Phi) is 4.17. The first-order valence-electron chi connectivity index (χ1n) is 7.55. The van der Waals surface area contributed by atoms with Crippen molar-refractivity contribution in [1.82, 2.24) is 9.88 Å². The van der Waals surface area contributed by atoms with Crippen LogP contribution in [0.2, 0.25) is 0 Å². The lowest BCUT2D eigenvalue weighted by Gasteiger charge is -2.26. The Morgan fingerprint density at radius 2 is 1.96 bits per heavy atom. The average molecular weight is 330 g/mol. The maximum Gasteiger partial charge on any atom is 0.326 e. The Labute approximate surface area is 138 Å². The molecule has 23 heavy (non-hydrogen) atoms. The van der Waals surface area contributed by atoms with E-state index >= 15 is 0 Å². The summed E-state index contributed by atoms with van der Waals surface area (Å²) in [6.07, 6.45) is 1.75. The van der Waals surface area contributed by atoms with Crippen molar-refractivity contribution in [3.05, 3.63) is 40.2 Å². The number of hydrogen-bond donors (Lipinski definition) is 1. The molecule has 1 aliphatic rings. The van der Waals surface area contributed by atoms with Crippen LogP contribution in [0.1, 0.15) is 35.1 Å². The summed E-state index contributed by atoms with van der Waals surface area (Å²) in [5, 5.41) is 12.2. The van der Waals surface area contributed by atoms with Crippen molar-refractivity contribution in [3.8, 4) is 11.3 Å². The molecule has 120 valence electrons. The monoisotopic (exact) mass is 330 g/mol. The van der Waals surface area contributed by atoms with Crippen LogP contribution in [0, 0.1) is 6.92 Å². The second-order valence-electron chi connectivity index (χ2n) is 5.79. The molecule has 1 unspecified atom stereocenters. The number of carboxylic acids is 1. The molecule has 0 aliphatic heterocycles. The van der Waals surface area contributed by atoms with Gasteiger partial charge in [0.05, 0.1) is 10.7 Å². The number of rotatable bonds is 5. The van der Waals surface area contributed by atoms with Gasteiger partial charge in [0.15, 0.2) is 0 Å². The fourth-order valence-electron chi connectivity index (χ4n) is 2.56. The Morgan fingerprint density at radius 1 is 1.30 bits per heavy atom. The molecule has 1 atom stereocenters. The quantitative estimate of drug-likeness (QED) is 0.914. The molecule has 1 fully saturated rings. The van der Waals surface area contributed by atoms with Crippen LogP contribution in [-0.4, -0.2) is 39.0 Å². The van der Waals surface area contributed by atoms with Gasteiger partial charge in [-0.3, -0.25) is 4.79 Å². The normalized spacial score (nSPS) is 15.2. The Morgan fingerprint density at radius 3 is 2.43 bits per heavy atom. The van der Waals surface area contributed by atoms with Crippen molar-refractivity contribution in [1.29, 1.82) is 0 Å². The van der Waals surface area contributed by atoms with Gasteiger partial charge in [0, 0.05) is 22.5 Å². The van der Waals surface area contributed by atoms with E-state index in [9.17, 15) is 14.7 Å². The number of nitrogens with zero attached hydrogens (tertiary/aromatic N) is 2. The number of carbonyl (C=O) groups is 2. The van der Waals surface area contributed by atoms with Crippen LogP contribution in [0.4, 0.5) is 0 Å². The van der Waals surface area contributed by atoms with E-state index in [-0.39, 0.29) is 11.9 Å². The summed E-state index contributed by atoms with van der Waals surface area (Å²) < 4.78 is 0. The van der Waals surface area contributed by atoms with Crippen LogP contribution in [0.25, 0.3) is 11.3 Å². The zero-order chi connectivity index (χ0) is 16.6. The first-order valence-corrected chi connectivity index (χ1v) is 8.43. The smallest absolute Gasteiger partial charge is 0.326 e. The molecule has 0 bridgehead atoms. The van der Waals surface area contributed by atoms with Crippen LogP contribution in [0.5, 0.6) is 0 Å². The van der Waals surface area contributed by atoms with Gasteiger partial charge in [0.25, 0.3) is 5.91 Å². The Bertz CT molecular complexity index is 735. The van der Waals surface area contributed by atoms with E-state index in [1.807, 2.05) is 24.4 Å². The topological polar surface area (TPSA) is 70.5 Å². The number of aryl methyl sites for hydroxylation is 1. The summed E-state index contributed by atoms with van der Waals surface area (Å²) in [7, 11) is 0. The second-order valence-corrected chi connectivity index (χ2v) is 6.85. The van der Waals surface area contributed by atoms with Crippen LogP contribution < -0.4 is 0 Å². The van der Waals surface area contributed by atoms with Crippen molar-refractivity contribution in [3.63, 3.8) is 0 Å². The zero-order valence-corrected chi connectivity index (χ0v) is 13.8. The van der Waals surface area contributed by atoms with Gasteiger partial charge in [-0.25, -0.2) is 9.78 Å². The van der Waals surface area contributed by atoms with Crippen LogP contribution in [0.3, 0.4) is 0 Å². The lowest BCUT2D eigenvalue weighted by atomic mass is 10.1. The standard InChI is InChI=1S/C17H18N2O3S/c1-10(17(21)22)19(14-7-8-14)16(20)13-5-3-12(4-6-13)15-9-23-11(2)18-15/h3-6,9-10,14H,7-8H2,1-2H3,(H,21,22). The molecular weight excluding hydrogens is 312 g/mol. The van der Waals surface area contributed by atoms with Crippen molar-refractivity contribution in [2.45, 2.75) is 38.8 Å². The number of thiazole rings is 1. The third-order valence-electron chi connectivity index (χ3n) is 4.00. The fourth-order valence-corrected chi connectivity index (χ4v) is 3.18. The third-order valence-corrected chi connectivity index (χ3v) is 4.77. The number of aliphatic carboxylic acids is 1. The highest BCUT2D eigenvalue weighted by Crippen LogP contribution is 2.31. The maximum atomic E-state index is 12.7. The lowest BCUT2D eigenvalue weighted by Crippen LogP contribution is -2.44. The maximum absolute atomic E-state index is 12.7. The van der Waals surface area contributed by atoms with E-state index < -0.39 is 12.0 Å². The van der Waals surface area contributed by atoms with Crippen molar-refractivity contribution in [2.24, 2.45) is 0 Å². The predicted octanol–water partition coefficient (Wildman–Crippen LogP) is 3.20. The lowest BCUT2D eigenvalue weighted by molar-refractivity contribution is -0.141. The second kappa shape index (κ2) is 6.12. The van der Waals surface area contributed by atoms with Gasteiger partial charge in [0.1, 0.15) is 6.04 Å². The van der Waals surface area contributed by atoms with Crippen LogP contribution in [-0.2, 0) is 4.79 Å². The highest BCUT2D eigenvalue weighted by Gasteiger charge is 2.38. The first-order chi connectivity index (χ1) is 11.0. The van der Waals surface area contributed by atoms with Gasteiger partial charge in [-0.1, -0.05) is 12.1 Å². The summed E-state index contributed by atoms with van der Waals surface area (Å²) in [6.45, 7) is 3.51. The molecule has 0 spiro atoms. The largest absolute Gasteiger partial charge is 0.480 e. The minimum Gasteiger partial charge on any atom is -0.480 e. The van der Waals surface area contributed by atoms with Crippen LogP contribution in [0.15, 0.2) is 29.6 Å². The number of carboxylic acid groups (broad SMARTS) is 1. The zero-order valence-electron chi connectivity index (χ0n) is 13.0. The molecule has 1 heterocycles. The van der Waals surface area contributed by atoms with Gasteiger partial charge in [-0.2, -0.15) is 0 Å². The minimum absolute atomic E-state index is 0.0504. The summed E-state index contributed by atoms with van der Waals surface area (Å²) >= 11 is 1.58. The predicted molar refractivity (Wildman–Crippen MR) is 88.6 cm³/mol. The molecule has 0 radical (unpaired) electrons. The van der Waals surface area contributed by atoms with Gasteiger partial charge < -0.3 is 10.0 Å². The highest BCUT2D eigenvalue weighted by atomic mass is 32.1. The molecule has 1 amide bonds. The molecule has 1 aromatic heterocycles. The summed E-state index contributed by atoms with van der Waals surface area (Å²) in [5.74, 6) is -1.19. The first kappa shape index (κ1) is 15.7. The number of carbonyl (C=O) groups excluding carboxylic acids is 1. The molecule has 1 aliphatic carbocycles. The van der Waals surface area contributed by atoms with Crippen molar-refractivity contribution >= 4 is 23.2 Å². The summed E-state index contributed by atoms with van der Waals surface area (Å²) in [5.41, 5.74) is 2.36. The SMILES string of the molecule is Cc1nc(-c2ccc(C(=O)N(C3CC3)C(C)C(=O)O)cc2)cs1. The van der Waals surface area contributed by atoms with E-state index in [0.29, 0.717) is 5.56 Å². The van der Waals surface area contributed by atoms with E-state index in [0.717, 1.165) is 29.1 Å². The van der Waals surface area contributed by atoms with Gasteiger partial charge in [-0.05, 0) is 38.8 Å². The van der Waals surface area contributed by atoms with Gasteiger partial charge >= 0.3 is 5.97 Å². The molecule has 5 nitrogen and oxygen atoms in total. The number of benzene rings is 1. The van der Waals surface area contributed by atoms with Crippen molar-refractivity contribution in [2.75, 3.05) is 0 Å². The number of amides is 1. The van der Waals surface area contributed by atoms with Crippen LogP contribution >= 0.6 is 11.3 Å². The number of hydrogen-bond acceptors (Lipinski definition) is 4. The van der Waals surface area contributed by atoms with E-state index in [2.05, 4.69) is 4.98 Å². The molecule has 1 N–H and O–H groups in total. The summed E-state index contributed by atoms with van der Waals surface area (Å²) in [4.78, 5) is 29.8. The minimum atomic E-state index is -0.972. The molecule has 2 aromatic rings. The Balaban J connectivity index is 1.83. The van der Waals surface area contributed by atoms with E-state index in [4.69, 9.17) is 0 Å². The highest BCUT2D eigenvalue weighted by molar-refractivity contribution is 7.09. The average Bonchev–Trinajstić information content (AvgIpc) is 3.27. The van der Waals surface area contributed by atoms with E-state index in [1.54, 1.807) is 30.4 Å². The van der Waals surface area contributed by atoms with Gasteiger partial charge in [-0.15, -0.1) is 11.3 Å².